The van der Waals surface area contributed by atoms with Crippen molar-refractivity contribution in [1.82, 2.24) is 14.5 Å². The molecule has 0 saturated heterocycles. The summed E-state index contributed by atoms with van der Waals surface area (Å²) in [6, 6.07) is 37.3. The Morgan fingerprint density at radius 1 is 0.534 bits per heavy atom. The molecule has 1 N–H and O–H groups in total. The molecule has 0 spiro atoms. The van der Waals surface area contributed by atoms with E-state index in [2.05, 4.69) is 140 Å². The third-order valence-electron chi connectivity index (χ3n) is 10.9. The molecule has 0 aliphatic carbocycles. The molecule has 0 atom stereocenters. The molecule has 8 aromatic rings. The van der Waals surface area contributed by atoms with Crippen LogP contribution in [0.15, 0.2) is 152 Å². The average Bonchev–Trinajstić information content (AvgIpc) is 3.64. The van der Waals surface area contributed by atoms with Gasteiger partial charge in [0.15, 0.2) is 0 Å². The molecule has 2 aromatic heterocycles. The lowest BCUT2D eigenvalue weighted by molar-refractivity contribution is 0.446. The molecule has 6 aromatic carbocycles. The maximum atomic E-state index is 12.4. The highest BCUT2D eigenvalue weighted by Crippen LogP contribution is 2.45. The van der Waals surface area contributed by atoms with Crippen molar-refractivity contribution in [2.24, 2.45) is 0 Å². The number of nitrogens with zero attached hydrogens (tertiary/aromatic N) is 3. The van der Waals surface area contributed by atoms with Crippen LogP contribution in [0, 0.1) is 0 Å². The van der Waals surface area contributed by atoms with Crippen molar-refractivity contribution in [3.63, 3.8) is 0 Å². The number of fused-ring (bicyclic) bond motifs is 1. The van der Waals surface area contributed by atoms with Crippen LogP contribution in [0.4, 0.5) is 0 Å². The molecule has 4 nitrogen and oxygen atoms in total. The maximum Gasteiger partial charge on any atom is 0.149 e. The van der Waals surface area contributed by atoms with Gasteiger partial charge in [0.2, 0.25) is 0 Å². The fourth-order valence-electron chi connectivity index (χ4n) is 7.60. The molecular formula is C54H53N3O. The molecule has 58 heavy (non-hydrogen) atoms. The van der Waals surface area contributed by atoms with Crippen LogP contribution in [0.5, 0.6) is 5.75 Å². The van der Waals surface area contributed by atoms with Gasteiger partial charge in [-0.3, -0.25) is 9.55 Å². The Kier molecular flexibility index (Phi) is 8.25. The Bertz CT molecular complexity index is 3050. The van der Waals surface area contributed by atoms with E-state index in [9.17, 15) is 5.11 Å². The molecule has 0 saturated carbocycles. The van der Waals surface area contributed by atoms with Crippen LogP contribution < -0.4 is 0 Å². The minimum atomic E-state index is -0.430. The summed E-state index contributed by atoms with van der Waals surface area (Å²) in [4.78, 5) is 10.3. The van der Waals surface area contributed by atoms with Gasteiger partial charge in [-0.25, -0.2) is 4.98 Å². The number of para-hydroxylation sites is 2. The van der Waals surface area contributed by atoms with Gasteiger partial charge in [0.25, 0.3) is 0 Å². The lowest BCUT2D eigenvalue weighted by atomic mass is 9.79. The Balaban J connectivity index is 1.43. The summed E-state index contributed by atoms with van der Waals surface area (Å²) in [6.07, 6.45) is 1.62. The van der Waals surface area contributed by atoms with Gasteiger partial charge < -0.3 is 5.11 Å². The first-order valence-corrected chi connectivity index (χ1v) is 19.9. The minimum absolute atomic E-state index is 0.129. The van der Waals surface area contributed by atoms with Crippen LogP contribution in [-0.4, -0.2) is 19.6 Å². The van der Waals surface area contributed by atoms with Crippen LogP contribution in [0.25, 0.3) is 72.7 Å². The Hall–Kier alpha value is -6.26. The lowest BCUT2D eigenvalue weighted by Gasteiger charge is -2.27. The van der Waals surface area contributed by atoms with Gasteiger partial charge in [0.05, 0.1) is 34.8 Å². The van der Waals surface area contributed by atoms with Gasteiger partial charge in [-0.1, -0.05) is 165 Å². The molecule has 4 heteroatoms. The van der Waals surface area contributed by atoms with Gasteiger partial charge in [-0.2, -0.15) is 0 Å². The van der Waals surface area contributed by atoms with E-state index in [1.165, 1.54) is 0 Å². The number of phenolic OH excluding ortho intramolecular Hbond substituents is 1. The van der Waals surface area contributed by atoms with E-state index < -0.39 is 6.04 Å². The fraction of sp³-hybridized carbons (Fsp3) is 0.222. The van der Waals surface area contributed by atoms with Crippen molar-refractivity contribution in [3.05, 3.63) is 168 Å². The molecule has 0 aliphatic heterocycles. The zero-order valence-corrected chi connectivity index (χ0v) is 34.8. The largest absolute Gasteiger partial charge is 0.507 e. The third kappa shape index (κ3) is 7.36. The normalized spacial score (nSPS) is 13.5. The van der Waals surface area contributed by atoms with Crippen molar-refractivity contribution >= 4 is 11.0 Å². The Labute approximate surface area is 351 Å². The molecule has 290 valence electrons. The van der Waals surface area contributed by atoms with E-state index in [0.29, 0.717) is 22.6 Å². The molecule has 0 radical (unpaired) electrons. The molecule has 0 unspecified atom stereocenters. The first-order valence-electron chi connectivity index (χ1n) is 22.4. The standard InChI is InChI=1S/C54H53N3O/c1-52(2,3)40-30-38(29-39(31-40)46-32-37(27-28-55-46)35-19-12-10-13-20-35)43-24-18-26-48-49(43)56-51(44-33-41(53(4,5)6)34-45(50(44)58)54(7,8)9)57(48)47-25-17-16-23-42(47)36-21-14-11-15-22-36/h10-34,58H,1-9H3/i10D,12D,13D,19D,20D. The number of hydrogen-bond donors (Lipinski definition) is 1. The second-order valence-electron chi connectivity index (χ2n) is 18.2. The summed E-state index contributed by atoms with van der Waals surface area (Å²) in [6.45, 7) is 19.4. The quantitative estimate of drug-likeness (QED) is 0.183. The second-order valence-corrected chi connectivity index (χ2v) is 18.2. The van der Waals surface area contributed by atoms with Gasteiger partial charge in [-0.05, 0) is 92.1 Å². The number of phenols is 1. The molecular weight excluding hydrogens is 707 g/mol. The summed E-state index contributed by atoms with van der Waals surface area (Å²) in [5, 5.41) is 12.4. The van der Waals surface area contributed by atoms with Crippen molar-refractivity contribution in [2.45, 2.75) is 78.6 Å². The van der Waals surface area contributed by atoms with E-state index in [0.717, 1.165) is 61.2 Å². The predicted molar refractivity (Wildman–Crippen MR) is 244 cm³/mol. The summed E-state index contributed by atoms with van der Waals surface area (Å²) < 4.78 is 44.3. The molecule has 2 heterocycles. The fourth-order valence-corrected chi connectivity index (χ4v) is 7.60. The SMILES string of the molecule is [2H]c1c([2H])c([2H])c(-c2ccnc(-c3cc(-c4cccc5c4nc(-c4cc(C(C)(C)C)cc(C(C)(C)C)c4O)n5-c4ccccc4-c4ccccc4)cc(C(C)(C)C)c3)c2)c([2H])c1[2H]. The predicted octanol–water partition coefficient (Wildman–Crippen LogP) is 14.4. The summed E-state index contributed by atoms with van der Waals surface area (Å²) in [7, 11) is 0. The second kappa shape index (κ2) is 14.6. The third-order valence-corrected chi connectivity index (χ3v) is 10.9. The minimum Gasteiger partial charge on any atom is -0.507 e. The molecule has 8 rings (SSSR count). The first kappa shape index (κ1) is 32.8. The van der Waals surface area contributed by atoms with Crippen LogP contribution in [-0.2, 0) is 16.2 Å². The smallest absolute Gasteiger partial charge is 0.149 e. The zero-order chi connectivity index (χ0) is 45.3. The number of benzene rings is 6. The highest BCUT2D eigenvalue weighted by molar-refractivity contribution is 5.98. The van der Waals surface area contributed by atoms with E-state index in [4.69, 9.17) is 16.8 Å². The molecule has 0 bridgehead atoms. The highest BCUT2D eigenvalue weighted by atomic mass is 16.3. The maximum absolute atomic E-state index is 12.4. The number of hydrogen-bond acceptors (Lipinski definition) is 3. The van der Waals surface area contributed by atoms with Crippen LogP contribution >= 0.6 is 0 Å². The number of aromatic hydroxyl groups is 1. The molecule has 0 fully saturated rings. The van der Waals surface area contributed by atoms with E-state index in [-0.39, 0.29) is 51.7 Å². The monoisotopic (exact) mass is 764 g/mol. The summed E-state index contributed by atoms with van der Waals surface area (Å²) >= 11 is 0. The van der Waals surface area contributed by atoms with Crippen molar-refractivity contribution < 1.29 is 12.0 Å². The summed E-state index contributed by atoms with van der Waals surface area (Å²) in [5.41, 5.74) is 11.2. The van der Waals surface area contributed by atoms with Gasteiger partial charge in [-0.15, -0.1) is 0 Å². The van der Waals surface area contributed by atoms with Crippen molar-refractivity contribution in [2.75, 3.05) is 0 Å². The topological polar surface area (TPSA) is 50.9 Å². The number of aromatic nitrogens is 3. The number of imidazole rings is 1. The first-order chi connectivity index (χ1) is 29.6. The lowest BCUT2D eigenvalue weighted by Crippen LogP contribution is -2.17. The highest BCUT2D eigenvalue weighted by Gasteiger charge is 2.29. The van der Waals surface area contributed by atoms with Crippen LogP contribution in [0.2, 0.25) is 0 Å². The molecule has 0 aliphatic rings. The summed E-state index contributed by atoms with van der Waals surface area (Å²) in [5.74, 6) is 0.822. The van der Waals surface area contributed by atoms with E-state index in [1.807, 2.05) is 30.3 Å². The van der Waals surface area contributed by atoms with Gasteiger partial charge in [0, 0.05) is 28.5 Å². The van der Waals surface area contributed by atoms with Crippen LogP contribution in [0.3, 0.4) is 0 Å². The van der Waals surface area contributed by atoms with Gasteiger partial charge >= 0.3 is 0 Å². The van der Waals surface area contributed by atoms with Crippen LogP contribution in [0.1, 0.15) is 85.9 Å². The van der Waals surface area contributed by atoms with E-state index >= 15 is 0 Å². The zero-order valence-electron chi connectivity index (χ0n) is 39.8. The van der Waals surface area contributed by atoms with Crippen molar-refractivity contribution in [1.29, 1.82) is 0 Å². The Morgan fingerprint density at radius 2 is 1.19 bits per heavy atom. The number of rotatable bonds is 6. The average molecular weight is 765 g/mol. The van der Waals surface area contributed by atoms with Crippen molar-refractivity contribution in [3.8, 4) is 67.5 Å². The molecule has 0 amide bonds. The van der Waals surface area contributed by atoms with E-state index in [1.54, 1.807) is 18.3 Å². The Morgan fingerprint density at radius 3 is 1.90 bits per heavy atom. The van der Waals surface area contributed by atoms with Gasteiger partial charge in [0.1, 0.15) is 11.6 Å². The number of pyridine rings is 1.